The molecular formula is C12H22N2S. The monoisotopic (exact) mass is 226 g/mol. The first-order valence-electron chi connectivity index (χ1n) is 6.27. The quantitative estimate of drug-likeness (QED) is 0.797. The van der Waals surface area contributed by atoms with Crippen molar-refractivity contribution in [1.29, 1.82) is 0 Å². The van der Waals surface area contributed by atoms with Crippen molar-refractivity contribution in [1.82, 2.24) is 5.32 Å². The first-order valence-corrected chi connectivity index (χ1v) is 7.15. The number of amidine groups is 1. The lowest BCUT2D eigenvalue weighted by atomic mass is 9.80. The van der Waals surface area contributed by atoms with Gasteiger partial charge in [0, 0.05) is 11.3 Å². The molecule has 0 bridgehead atoms. The molecule has 0 amide bonds. The number of hydrogen-bond donors (Lipinski definition) is 1. The summed E-state index contributed by atoms with van der Waals surface area (Å²) in [6.45, 7) is 5.58. The van der Waals surface area contributed by atoms with Crippen LogP contribution in [-0.2, 0) is 0 Å². The van der Waals surface area contributed by atoms with E-state index in [0.717, 1.165) is 17.7 Å². The molecule has 3 heteroatoms. The smallest absolute Gasteiger partial charge is 0.157 e. The Balaban J connectivity index is 1.71. The van der Waals surface area contributed by atoms with Crippen LogP contribution in [-0.4, -0.2) is 23.0 Å². The summed E-state index contributed by atoms with van der Waals surface area (Å²) in [6.07, 6.45) is 6.82. The average molecular weight is 226 g/mol. The van der Waals surface area contributed by atoms with Crippen molar-refractivity contribution in [3.05, 3.63) is 0 Å². The Kier molecular flexibility index (Phi) is 3.95. The molecule has 1 aliphatic heterocycles. The van der Waals surface area contributed by atoms with E-state index in [1.54, 1.807) is 0 Å². The molecule has 2 unspecified atom stereocenters. The van der Waals surface area contributed by atoms with E-state index in [1.807, 2.05) is 11.8 Å². The molecule has 2 aliphatic rings. The molecule has 0 aromatic carbocycles. The van der Waals surface area contributed by atoms with Gasteiger partial charge in [0.15, 0.2) is 5.17 Å². The molecular weight excluding hydrogens is 204 g/mol. The maximum Gasteiger partial charge on any atom is 0.157 e. The van der Waals surface area contributed by atoms with Crippen LogP contribution in [0.2, 0.25) is 0 Å². The second kappa shape index (κ2) is 5.24. The van der Waals surface area contributed by atoms with Crippen molar-refractivity contribution in [3.8, 4) is 0 Å². The molecule has 0 radical (unpaired) electrons. The first-order chi connectivity index (χ1) is 7.29. The van der Waals surface area contributed by atoms with Gasteiger partial charge in [0.05, 0.1) is 6.54 Å². The molecule has 1 fully saturated rings. The minimum atomic E-state index is 0.630. The Labute approximate surface area is 97.3 Å². The van der Waals surface area contributed by atoms with Crippen molar-refractivity contribution in [2.24, 2.45) is 10.9 Å². The van der Waals surface area contributed by atoms with Gasteiger partial charge in [-0.05, 0) is 32.1 Å². The molecule has 86 valence electrons. The van der Waals surface area contributed by atoms with E-state index in [1.165, 1.54) is 37.3 Å². The van der Waals surface area contributed by atoms with E-state index in [-0.39, 0.29) is 0 Å². The zero-order valence-electron chi connectivity index (χ0n) is 9.83. The van der Waals surface area contributed by atoms with Gasteiger partial charge in [0.25, 0.3) is 0 Å². The normalized spacial score (nSPS) is 28.4. The molecule has 0 saturated heterocycles. The minimum absolute atomic E-state index is 0.630. The number of aliphatic imine (C=N–C) groups is 1. The summed E-state index contributed by atoms with van der Waals surface area (Å²) in [6, 6.07) is 0.630. The summed E-state index contributed by atoms with van der Waals surface area (Å²) in [7, 11) is 0. The van der Waals surface area contributed by atoms with Crippen LogP contribution < -0.4 is 5.32 Å². The first kappa shape index (κ1) is 11.3. The van der Waals surface area contributed by atoms with Gasteiger partial charge < -0.3 is 5.32 Å². The summed E-state index contributed by atoms with van der Waals surface area (Å²) in [5, 5.41) is 5.53. The van der Waals surface area contributed by atoms with E-state index in [4.69, 9.17) is 0 Å². The third kappa shape index (κ3) is 2.90. The standard InChI is InChI=1S/C12H22N2S/c1-3-5-11-8-13-12(15-11)14-9(2)10-6-4-7-10/h9-11H,3-8H2,1-2H3,(H,13,14). The molecule has 0 aromatic rings. The summed E-state index contributed by atoms with van der Waals surface area (Å²) in [5.74, 6) is 0.901. The largest absolute Gasteiger partial charge is 0.362 e. The van der Waals surface area contributed by atoms with Crippen LogP contribution in [0.5, 0.6) is 0 Å². The maximum absolute atomic E-state index is 4.59. The zero-order chi connectivity index (χ0) is 10.7. The van der Waals surface area contributed by atoms with Crippen LogP contribution >= 0.6 is 11.8 Å². The number of rotatable bonds is 4. The molecule has 1 aliphatic carbocycles. The lowest BCUT2D eigenvalue weighted by molar-refractivity contribution is 0.259. The highest BCUT2D eigenvalue weighted by molar-refractivity contribution is 8.14. The Morgan fingerprint density at radius 3 is 2.93 bits per heavy atom. The molecule has 0 aromatic heterocycles. The van der Waals surface area contributed by atoms with Gasteiger partial charge in [-0.25, -0.2) is 0 Å². The van der Waals surface area contributed by atoms with Crippen molar-refractivity contribution in [2.75, 3.05) is 6.54 Å². The topological polar surface area (TPSA) is 24.4 Å². The van der Waals surface area contributed by atoms with Gasteiger partial charge in [-0.2, -0.15) is 0 Å². The number of thioether (sulfide) groups is 1. The minimum Gasteiger partial charge on any atom is -0.362 e. The van der Waals surface area contributed by atoms with Gasteiger partial charge >= 0.3 is 0 Å². The molecule has 0 spiro atoms. The molecule has 2 rings (SSSR count). The third-order valence-electron chi connectivity index (χ3n) is 3.54. The Hall–Kier alpha value is -0.180. The van der Waals surface area contributed by atoms with Gasteiger partial charge in [-0.15, -0.1) is 0 Å². The van der Waals surface area contributed by atoms with Crippen molar-refractivity contribution >= 4 is 16.9 Å². The van der Waals surface area contributed by atoms with Gasteiger partial charge in [0.2, 0.25) is 0 Å². The second-order valence-electron chi connectivity index (χ2n) is 4.80. The van der Waals surface area contributed by atoms with Crippen LogP contribution in [0, 0.1) is 5.92 Å². The van der Waals surface area contributed by atoms with Gasteiger partial charge in [-0.1, -0.05) is 31.5 Å². The fraction of sp³-hybridized carbons (Fsp3) is 0.917. The van der Waals surface area contributed by atoms with Crippen molar-refractivity contribution in [3.63, 3.8) is 0 Å². The predicted octanol–water partition coefficient (Wildman–Crippen LogP) is 3.04. The van der Waals surface area contributed by atoms with E-state index in [0.29, 0.717) is 6.04 Å². The summed E-state index contributed by atoms with van der Waals surface area (Å²) in [4.78, 5) is 4.59. The SMILES string of the molecule is CCCC1CN=C(NC(C)C2CCC2)S1. The molecule has 1 heterocycles. The highest BCUT2D eigenvalue weighted by atomic mass is 32.2. The fourth-order valence-electron chi connectivity index (χ4n) is 2.22. The van der Waals surface area contributed by atoms with Crippen LogP contribution in [0.3, 0.4) is 0 Å². The lowest BCUT2D eigenvalue weighted by Crippen LogP contribution is -2.39. The lowest BCUT2D eigenvalue weighted by Gasteiger charge is -2.32. The Morgan fingerprint density at radius 2 is 2.33 bits per heavy atom. The van der Waals surface area contributed by atoms with Crippen LogP contribution in [0.4, 0.5) is 0 Å². The Bertz CT molecular complexity index is 236. The molecule has 1 saturated carbocycles. The predicted molar refractivity (Wildman–Crippen MR) is 68.5 cm³/mol. The van der Waals surface area contributed by atoms with Crippen LogP contribution in [0.25, 0.3) is 0 Å². The molecule has 2 nitrogen and oxygen atoms in total. The third-order valence-corrected chi connectivity index (χ3v) is 4.72. The number of hydrogen-bond acceptors (Lipinski definition) is 3. The van der Waals surface area contributed by atoms with E-state index in [2.05, 4.69) is 24.2 Å². The van der Waals surface area contributed by atoms with Crippen molar-refractivity contribution in [2.45, 2.75) is 57.2 Å². The summed E-state index contributed by atoms with van der Waals surface area (Å²) >= 11 is 1.95. The highest BCUT2D eigenvalue weighted by Gasteiger charge is 2.26. The number of nitrogens with zero attached hydrogens (tertiary/aromatic N) is 1. The second-order valence-corrected chi connectivity index (χ2v) is 6.09. The van der Waals surface area contributed by atoms with E-state index in [9.17, 15) is 0 Å². The molecule has 15 heavy (non-hydrogen) atoms. The summed E-state index contributed by atoms with van der Waals surface area (Å²) in [5.41, 5.74) is 0. The van der Waals surface area contributed by atoms with Gasteiger partial charge in [0.1, 0.15) is 0 Å². The molecule has 2 atom stereocenters. The van der Waals surface area contributed by atoms with E-state index < -0.39 is 0 Å². The van der Waals surface area contributed by atoms with Crippen LogP contribution in [0.15, 0.2) is 4.99 Å². The highest BCUT2D eigenvalue weighted by Crippen LogP contribution is 2.31. The van der Waals surface area contributed by atoms with Gasteiger partial charge in [-0.3, -0.25) is 4.99 Å². The van der Waals surface area contributed by atoms with Crippen LogP contribution in [0.1, 0.15) is 46.0 Å². The fourth-order valence-corrected chi connectivity index (χ4v) is 3.44. The zero-order valence-corrected chi connectivity index (χ0v) is 10.6. The Morgan fingerprint density at radius 1 is 1.53 bits per heavy atom. The van der Waals surface area contributed by atoms with Crippen molar-refractivity contribution < 1.29 is 0 Å². The number of nitrogens with one attached hydrogen (secondary N) is 1. The summed E-state index contributed by atoms with van der Waals surface area (Å²) < 4.78 is 0. The van der Waals surface area contributed by atoms with E-state index >= 15 is 0 Å². The molecule has 1 N–H and O–H groups in total. The maximum atomic E-state index is 4.59. The average Bonchev–Trinajstić information content (AvgIpc) is 2.49.